The van der Waals surface area contributed by atoms with E-state index in [1.165, 1.54) is 15.8 Å². The van der Waals surface area contributed by atoms with Gasteiger partial charge in [-0.2, -0.15) is 0 Å². The largest absolute Gasteiger partial charge is 0.379 e. The molecule has 0 aliphatic carbocycles. The molecule has 0 amide bonds. The molecule has 1 N–H and O–H groups in total. The van der Waals surface area contributed by atoms with Crippen molar-refractivity contribution in [2.45, 2.75) is 12.5 Å². The van der Waals surface area contributed by atoms with Gasteiger partial charge in [0.1, 0.15) is 0 Å². The Hall–Kier alpha value is -1.06. The summed E-state index contributed by atoms with van der Waals surface area (Å²) in [6.45, 7) is 1.73. The van der Waals surface area contributed by atoms with Gasteiger partial charge in [0.05, 0.1) is 18.3 Å². The number of hydrogen-bond acceptors (Lipinski definition) is 3. The minimum atomic E-state index is 0.489. The van der Waals surface area contributed by atoms with Gasteiger partial charge >= 0.3 is 0 Å². The van der Waals surface area contributed by atoms with Crippen molar-refractivity contribution in [1.82, 2.24) is 0 Å². The molecule has 3 rings (SSSR count). The van der Waals surface area contributed by atoms with Crippen molar-refractivity contribution in [3.05, 3.63) is 29.6 Å². The van der Waals surface area contributed by atoms with E-state index in [9.17, 15) is 0 Å². The van der Waals surface area contributed by atoms with Crippen molar-refractivity contribution in [2.75, 3.05) is 18.5 Å². The molecule has 0 saturated carbocycles. The third-order valence-corrected chi connectivity index (χ3v) is 3.73. The van der Waals surface area contributed by atoms with Gasteiger partial charge < -0.3 is 10.1 Å². The first-order valence-corrected chi connectivity index (χ1v) is 6.12. The Balaban J connectivity index is 1.90. The molecule has 1 saturated heterocycles. The smallest absolute Gasteiger partial charge is 0.0668 e. The van der Waals surface area contributed by atoms with Crippen LogP contribution in [0.1, 0.15) is 6.42 Å². The zero-order valence-electron chi connectivity index (χ0n) is 8.40. The van der Waals surface area contributed by atoms with E-state index in [1.54, 1.807) is 11.3 Å². The van der Waals surface area contributed by atoms with E-state index < -0.39 is 0 Å². The lowest BCUT2D eigenvalue weighted by molar-refractivity contribution is 0.195. The van der Waals surface area contributed by atoms with Crippen LogP contribution in [0.25, 0.3) is 10.1 Å². The second-order valence-corrected chi connectivity index (χ2v) is 4.76. The monoisotopic (exact) mass is 219 g/mol. The van der Waals surface area contributed by atoms with Gasteiger partial charge in [-0.3, -0.25) is 0 Å². The van der Waals surface area contributed by atoms with Gasteiger partial charge in [-0.15, -0.1) is 11.3 Å². The third-order valence-electron chi connectivity index (χ3n) is 2.77. The Bertz CT molecular complexity index is 459. The van der Waals surface area contributed by atoms with Crippen molar-refractivity contribution in [3.63, 3.8) is 0 Å². The van der Waals surface area contributed by atoms with Crippen LogP contribution >= 0.6 is 11.3 Å². The van der Waals surface area contributed by atoms with Crippen LogP contribution in [0.3, 0.4) is 0 Å². The Morgan fingerprint density at radius 2 is 2.27 bits per heavy atom. The van der Waals surface area contributed by atoms with Crippen LogP contribution in [0.15, 0.2) is 29.6 Å². The number of benzene rings is 1. The fourth-order valence-electron chi connectivity index (χ4n) is 1.96. The molecule has 2 heterocycles. The van der Waals surface area contributed by atoms with E-state index in [1.807, 2.05) is 0 Å². The van der Waals surface area contributed by atoms with E-state index in [0.717, 1.165) is 19.6 Å². The van der Waals surface area contributed by atoms with E-state index in [0.29, 0.717) is 6.04 Å². The van der Waals surface area contributed by atoms with Crippen molar-refractivity contribution >= 4 is 27.1 Å². The number of thiophene rings is 1. The summed E-state index contributed by atoms with van der Waals surface area (Å²) in [5.74, 6) is 0. The third kappa shape index (κ3) is 1.73. The van der Waals surface area contributed by atoms with Crippen molar-refractivity contribution < 1.29 is 4.74 Å². The fraction of sp³-hybridized carbons (Fsp3) is 0.333. The summed E-state index contributed by atoms with van der Waals surface area (Å²) in [6.07, 6.45) is 1.12. The molecule has 1 aliphatic heterocycles. The van der Waals surface area contributed by atoms with Crippen LogP contribution < -0.4 is 5.32 Å². The standard InChI is InChI=1S/C12H13NOS/c1-2-4-12-10(3-1)11(8-15-12)13-9-5-6-14-7-9/h1-4,8-9,13H,5-7H2. The van der Waals surface area contributed by atoms with Crippen LogP contribution in [0, 0.1) is 0 Å². The molecule has 78 valence electrons. The first-order chi connectivity index (χ1) is 7.43. The number of anilines is 1. The molecule has 0 bridgehead atoms. The van der Waals surface area contributed by atoms with Crippen LogP contribution in [-0.4, -0.2) is 19.3 Å². The molecular formula is C12H13NOS. The van der Waals surface area contributed by atoms with Gasteiger partial charge in [-0.25, -0.2) is 0 Å². The number of hydrogen-bond donors (Lipinski definition) is 1. The van der Waals surface area contributed by atoms with E-state index in [2.05, 4.69) is 35.0 Å². The molecule has 3 heteroatoms. The molecule has 15 heavy (non-hydrogen) atoms. The van der Waals surface area contributed by atoms with Crippen molar-refractivity contribution in [2.24, 2.45) is 0 Å². The van der Waals surface area contributed by atoms with Crippen LogP contribution in [0.2, 0.25) is 0 Å². The number of fused-ring (bicyclic) bond motifs is 1. The highest BCUT2D eigenvalue weighted by molar-refractivity contribution is 7.17. The molecule has 2 aromatic rings. The molecular weight excluding hydrogens is 206 g/mol. The maximum absolute atomic E-state index is 5.36. The Morgan fingerprint density at radius 3 is 3.13 bits per heavy atom. The topological polar surface area (TPSA) is 21.3 Å². The van der Waals surface area contributed by atoms with Gasteiger partial charge in [0.15, 0.2) is 0 Å². The zero-order chi connectivity index (χ0) is 10.1. The first kappa shape index (κ1) is 9.19. The van der Waals surface area contributed by atoms with Gasteiger partial charge in [0.25, 0.3) is 0 Å². The summed E-state index contributed by atoms with van der Waals surface area (Å²) in [5, 5.41) is 7.07. The highest BCUT2D eigenvalue weighted by Gasteiger charge is 2.16. The highest BCUT2D eigenvalue weighted by atomic mass is 32.1. The summed E-state index contributed by atoms with van der Waals surface area (Å²) in [5.41, 5.74) is 1.26. The molecule has 1 aromatic carbocycles. The zero-order valence-corrected chi connectivity index (χ0v) is 9.22. The van der Waals surface area contributed by atoms with Crippen LogP contribution in [0.5, 0.6) is 0 Å². The first-order valence-electron chi connectivity index (χ1n) is 5.24. The lowest BCUT2D eigenvalue weighted by Gasteiger charge is -2.10. The Labute approximate surface area is 92.9 Å². The number of nitrogens with one attached hydrogen (secondary N) is 1. The lowest BCUT2D eigenvalue weighted by Crippen LogP contribution is -2.18. The SMILES string of the molecule is c1ccc2c(NC3CCOC3)csc2c1. The molecule has 2 nitrogen and oxygen atoms in total. The molecule has 0 spiro atoms. The molecule has 1 unspecified atom stereocenters. The number of rotatable bonds is 2. The minimum Gasteiger partial charge on any atom is -0.379 e. The Kier molecular flexibility index (Phi) is 2.35. The molecule has 1 fully saturated rings. The van der Waals surface area contributed by atoms with E-state index >= 15 is 0 Å². The van der Waals surface area contributed by atoms with Gasteiger partial charge in [-0.1, -0.05) is 18.2 Å². The maximum atomic E-state index is 5.36. The molecule has 1 atom stereocenters. The summed E-state index contributed by atoms with van der Waals surface area (Å²) < 4.78 is 6.71. The fourth-order valence-corrected chi connectivity index (χ4v) is 2.86. The van der Waals surface area contributed by atoms with E-state index in [4.69, 9.17) is 4.74 Å². The van der Waals surface area contributed by atoms with Crippen molar-refractivity contribution in [1.29, 1.82) is 0 Å². The van der Waals surface area contributed by atoms with Gasteiger partial charge in [0, 0.05) is 22.1 Å². The minimum absolute atomic E-state index is 0.489. The average molecular weight is 219 g/mol. The summed E-state index contributed by atoms with van der Waals surface area (Å²) in [6, 6.07) is 9.00. The van der Waals surface area contributed by atoms with Gasteiger partial charge in [-0.05, 0) is 12.5 Å². The maximum Gasteiger partial charge on any atom is 0.0668 e. The second-order valence-electron chi connectivity index (χ2n) is 3.85. The number of ether oxygens (including phenoxy) is 1. The lowest BCUT2D eigenvalue weighted by atomic mass is 10.2. The highest BCUT2D eigenvalue weighted by Crippen LogP contribution is 2.30. The molecule has 0 radical (unpaired) electrons. The van der Waals surface area contributed by atoms with Gasteiger partial charge in [0.2, 0.25) is 0 Å². The predicted molar refractivity (Wildman–Crippen MR) is 64.7 cm³/mol. The molecule has 1 aliphatic rings. The molecule has 1 aromatic heterocycles. The van der Waals surface area contributed by atoms with E-state index in [-0.39, 0.29) is 0 Å². The normalized spacial score (nSPS) is 20.9. The summed E-state index contributed by atoms with van der Waals surface area (Å²) in [4.78, 5) is 0. The second kappa shape index (κ2) is 3.83. The predicted octanol–water partition coefficient (Wildman–Crippen LogP) is 3.10. The summed E-state index contributed by atoms with van der Waals surface area (Å²) >= 11 is 1.79. The quantitative estimate of drug-likeness (QED) is 0.838. The van der Waals surface area contributed by atoms with Crippen molar-refractivity contribution in [3.8, 4) is 0 Å². The average Bonchev–Trinajstić information content (AvgIpc) is 2.89. The Morgan fingerprint density at radius 1 is 1.33 bits per heavy atom. The van der Waals surface area contributed by atoms with Crippen LogP contribution in [0.4, 0.5) is 5.69 Å². The van der Waals surface area contributed by atoms with Crippen LogP contribution in [-0.2, 0) is 4.74 Å². The summed E-state index contributed by atoms with van der Waals surface area (Å²) in [7, 11) is 0.